The summed E-state index contributed by atoms with van der Waals surface area (Å²) in [7, 11) is -4.46. The van der Waals surface area contributed by atoms with E-state index in [1.165, 1.54) is 6.07 Å². The molecule has 0 saturated carbocycles. The molecule has 0 bridgehead atoms. The second-order valence-corrected chi connectivity index (χ2v) is 7.99. The molecular formula is C19H17F3N2O3S. The predicted molar refractivity (Wildman–Crippen MR) is 98.5 cm³/mol. The molecule has 0 fully saturated rings. The highest BCUT2D eigenvalue weighted by molar-refractivity contribution is 7.90. The van der Waals surface area contributed by atoms with Crippen molar-refractivity contribution in [1.82, 2.24) is 9.71 Å². The van der Waals surface area contributed by atoms with Crippen LogP contribution in [0.5, 0.6) is 0 Å². The van der Waals surface area contributed by atoms with E-state index in [9.17, 15) is 26.4 Å². The van der Waals surface area contributed by atoms with E-state index in [1.807, 2.05) is 18.6 Å². The molecule has 0 aliphatic rings. The smallest absolute Gasteiger partial charge is 0.358 e. The number of benzene rings is 2. The highest BCUT2D eigenvalue weighted by Gasteiger charge is 2.32. The van der Waals surface area contributed by atoms with Crippen LogP contribution in [0.1, 0.15) is 34.1 Å². The topological polar surface area (TPSA) is 79.0 Å². The summed E-state index contributed by atoms with van der Waals surface area (Å²) < 4.78 is 65.0. The minimum absolute atomic E-state index is 0.0906. The SMILES string of the molecule is CCc1[nH]c2ccc(C(=O)NS(=O)(=O)c3cccc(C(F)(F)F)c3)cc2c1C. The minimum atomic E-state index is -4.69. The van der Waals surface area contributed by atoms with Gasteiger partial charge in [-0.3, -0.25) is 4.79 Å². The Bertz CT molecular complexity index is 1160. The molecule has 1 amide bonds. The van der Waals surface area contributed by atoms with Crippen molar-refractivity contribution in [3.8, 4) is 0 Å². The van der Waals surface area contributed by atoms with Crippen molar-refractivity contribution in [2.24, 2.45) is 0 Å². The van der Waals surface area contributed by atoms with Crippen LogP contribution in [0, 0.1) is 6.92 Å². The zero-order valence-corrected chi connectivity index (χ0v) is 15.8. The molecule has 28 heavy (non-hydrogen) atoms. The van der Waals surface area contributed by atoms with Crippen LogP contribution < -0.4 is 4.72 Å². The zero-order chi connectivity index (χ0) is 20.7. The quantitative estimate of drug-likeness (QED) is 0.677. The van der Waals surface area contributed by atoms with Crippen LogP contribution in [0.15, 0.2) is 47.4 Å². The summed E-state index contributed by atoms with van der Waals surface area (Å²) in [5.41, 5.74) is 1.75. The van der Waals surface area contributed by atoms with Crippen LogP contribution in [-0.4, -0.2) is 19.3 Å². The number of hydrogen-bond donors (Lipinski definition) is 2. The standard InChI is InChI=1S/C19H17F3N2O3S/c1-3-16-11(2)15-9-12(7-8-17(15)23-16)18(25)24-28(26,27)14-6-4-5-13(10-14)19(20,21)22/h4-10,23H,3H2,1-2H3,(H,24,25). The number of sulfonamides is 1. The monoisotopic (exact) mass is 410 g/mol. The molecule has 2 aromatic carbocycles. The zero-order valence-electron chi connectivity index (χ0n) is 15.0. The number of carbonyl (C=O) groups is 1. The van der Waals surface area contributed by atoms with Crippen LogP contribution in [0.2, 0.25) is 0 Å². The number of aromatic nitrogens is 1. The maximum Gasteiger partial charge on any atom is 0.416 e. The van der Waals surface area contributed by atoms with Crippen LogP contribution in [-0.2, 0) is 22.6 Å². The van der Waals surface area contributed by atoms with Gasteiger partial charge in [-0.2, -0.15) is 13.2 Å². The van der Waals surface area contributed by atoms with Crippen molar-refractivity contribution in [2.45, 2.75) is 31.3 Å². The van der Waals surface area contributed by atoms with Gasteiger partial charge in [-0.15, -0.1) is 0 Å². The fourth-order valence-electron chi connectivity index (χ4n) is 2.96. The van der Waals surface area contributed by atoms with Gasteiger partial charge in [-0.05, 0) is 55.3 Å². The van der Waals surface area contributed by atoms with Crippen LogP contribution >= 0.6 is 0 Å². The molecule has 1 aromatic heterocycles. The number of amides is 1. The Morgan fingerprint density at radius 2 is 1.86 bits per heavy atom. The highest BCUT2D eigenvalue weighted by Crippen LogP contribution is 2.30. The van der Waals surface area contributed by atoms with Gasteiger partial charge in [-0.25, -0.2) is 13.1 Å². The second-order valence-electron chi connectivity index (χ2n) is 6.30. The summed E-state index contributed by atoms with van der Waals surface area (Å²) in [5.74, 6) is -0.919. The molecule has 0 saturated heterocycles. The summed E-state index contributed by atoms with van der Waals surface area (Å²) in [5, 5.41) is 0.779. The first kappa shape index (κ1) is 19.9. The molecule has 0 unspecified atom stereocenters. The number of fused-ring (bicyclic) bond motifs is 1. The predicted octanol–water partition coefficient (Wildman–Crippen LogP) is 4.18. The number of halogens is 3. The molecule has 0 aliphatic heterocycles. The van der Waals surface area contributed by atoms with Gasteiger partial charge in [0.05, 0.1) is 10.5 Å². The Balaban J connectivity index is 1.92. The minimum Gasteiger partial charge on any atom is -0.358 e. The first-order valence-corrected chi connectivity index (χ1v) is 9.87. The maximum absolute atomic E-state index is 12.8. The average Bonchev–Trinajstić information content (AvgIpc) is 2.96. The van der Waals surface area contributed by atoms with E-state index >= 15 is 0 Å². The van der Waals surface area contributed by atoms with Gasteiger partial charge in [0, 0.05) is 22.2 Å². The maximum atomic E-state index is 12.8. The van der Waals surface area contributed by atoms with Gasteiger partial charge in [-0.1, -0.05) is 13.0 Å². The number of H-pyrrole nitrogens is 1. The number of carbonyl (C=O) groups excluding carboxylic acids is 1. The largest absolute Gasteiger partial charge is 0.416 e. The number of rotatable bonds is 4. The Kier molecular flexibility index (Phi) is 4.97. The Labute approximate surface area is 159 Å². The van der Waals surface area contributed by atoms with Gasteiger partial charge in [0.2, 0.25) is 0 Å². The van der Waals surface area contributed by atoms with E-state index in [0.29, 0.717) is 6.07 Å². The van der Waals surface area contributed by atoms with Gasteiger partial charge in [0.15, 0.2) is 0 Å². The van der Waals surface area contributed by atoms with Crippen LogP contribution in [0.4, 0.5) is 13.2 Å². The lowest BCUT2D eigenvalue weighted by Crippen LogP contribution is -2.30. The number of nitrogens with one attached hydrogen (secondary N) is 2. The summed E-state index contributed by atoms with van der Waals surface area (Å²) in [6.45, 7) is 3.87. The summed E-state index contributed by atoms with van der Waals surface area (Å²) in [6, 6.07) is 7.89. The molecule has 148 valence electrons. The molecular weight excluding hydrogens is 393 g/mol. The van der Waals surface area contributed by atoms with Gasteiger partial charge in [0.1, 0.15) is 0 Å². The lowest BCUT2D eigenvalue weighted by molar-refractivity contribution is -0.137. The molecule has 0 spiro atoms. The second kappa shape index (κ2) is 6.97. The van der Waals surface area contributed by atoms with Crippen molar-refractivity contribution >= 4 is 26.8 Å². The third kappa shape index (κ3) is 3.75. The Morgan fingerprint density at radius 3 is 2.50 bits per heavy atom. The Morgan fingerprint density at radius 1 is 1.14 bits per heavy atom. The van der Waals surface area contributed by atoms with Gasteiger partial charge < -0.3 is 4.98 Å². The lowest BCUT2D eigenvalue weighted by Gasteiger charge is -2.10. The third-order valence-corrected chi connectivity index (χ3v) is 5.80. The van der Waals surface area contributed by atoms with E-state index in [0.717, 1.165) is 46.8 Å². The third-order valence-electron chi connectivity index (χ3n) is 4.48. The van der Waals surface area contributed by atoms with Gasteiger partial charge in [0.25, 0.3) is 15.9 Å². The molecule has 0 atom stereocenters. The first-order chi connectivity index (χ1) is 13.0. The molecule has 1 heterocycles. The lowest BCUT2D eigenvalue weighted by atomic mass is 10.1. The van der Waals surface area contributed by atoms with Crippen molar-refractivity contribution in [2.75, 3.05) is 0 Å². The van der Waals surface area contributed by atoms with E-state index in [-0.39, 0.29) is 5.56 Å². The number of alkyl halides is 3. The molecule has 3 aromatic rings. The molecule has 3 rings (SSSR count). The van der Waals surface area contributed by atoms with Crippen molar-refractivity contribution in [3.05, 3.63) is 64.8 Å². The van der Waals surface area contributed by atoms with Crippen LogP contribution in [0.25, 0.3) is 10.9 Å². The van der Waals surface area contributed by atoms with E-state index in [1.54, 1.807) is 12.1 Å². The highest BCUT2D eigenvalue weighted by atomic mass is 32.2. The van der Waals surface area contributed by atoms with Crippen molar-refractivity contribution in [3.63, 3.8) is 0 Å². The van der Waals surface area contributed by atoms with E-state index in [4.69, 9.17) is 0 Å². The fraction of sp³-hybridized carbons (Fsp3) is 0.211. The normalized spacial score (nSPS) is 12.3. The van der Waals surface area contributed by atoms with E-state index < -0.39 is 32.6 Å². The molecule has 0 radical (unpaired) electrons. The van der Waals surface area contributed by atoms with Crippen molar-refractivity contribution < 1.29 is 26.4 Å². The Hall–Kier alpha value is -2.81. The van der Waals surface area contributed by atoms with Gasteiger partial charge >= 0.3 is 6.18 Å². The summed E-state index contributed by atoms with van der Waals surface area (Å²) >= 11 is 0. The molecule has 5 nitrogen and oxygen atoms in total. The van der Waals surface area contributed by atoms with Crippen LogP contribution in [0.3, 0.4) is 0 Å². The molecule has 9 heteroatoms. The summed E-state index contributed by atoms with van der Waals surface area (Å²) in [4.78, 5) is 15.0. The average molecular weight is 410 g/mol. The number of aromatic amines is 1. The van der Waals surface area contributed by atoms with Crippen molar-refractivity contribution in [1.29, 1.82) is 0 Å². The summed E-state index contributed by atoms with van der Waals surface area (Å²) in [6.07, 6.45) is -3.92. The van der Waals surface area contributed by atoms with E-state index in [2.05, 4.69) is 4.98 Å². The first-order valence-electron chi connectivity index (χ1n) is 8.38. The number of hydrogen-bond acceptors (Lipinski definition) is 3. The number of aryl methyl sites for hydroxylation is 2. The molecule has 2 N–H and O–H groups in total. The molecule has 0 aliphatic carbocycles. The fourth-order valence-corrected chi connectivity index (χ4v) is 3.98.